The maximum absolute atomic E-state index is 12.9. The van der Waals surface area contributed by atoms with Crippen LogP contribution in [0.3, 0.4) is 0 Å². The van der Waals surface area contributed by atoms with Crippen LogP contribution in [0, 0.1) is 5.41 Å². The summed E-state index contributed by atoms with van der Waals surface area (Å²) in [4.78, 5) is 31.5. The van der Waals surface area contributed by atoms with Gasteiger partial charge in [-0.05, 0) is 56.2 Å². The topological polar surface area (TPSA) is 43.9 Å². The van der Waals surface area contributed by atoms with Crippen LogP contribution in [0.5, 0.6) is 0 Å². The first kappa shape index (κ1) is 19.3. The van der Waals surface area contributed by atoms with Gasteiger partial charge in [-0.2, -0.15) is 0 Å². The van der Waals surface area contributed by atoms with Crippen LogP contribution in [0.4, 0.5) is 5.69 Å². The zero-order valence-corrected chi connectivity index (χ0v) is 17.3. The molecule has 0 bridgehead atoms. The molecule has 1 aromatic carbocycles. The first-order valence-corrected chi connectivity index (χ1v) is 10.8. The molecule has 5 nitrogen and oxygen atoms in total. The molecule has 1 atom stereocenters. The molecule has 28 heavy (non-hydrogen) atoms. The lowest BCUT2D eigenvalue weighted by Gasteiger charge is -2.48. The van der Waals surface area contributed by atoms with Gasteiger partial charge in [0.25, 0.3) is 0 Å². The summed E-state index contributed by atoms with van der Waals surface area (Å²) in [5.41, 5.74) is 2.53. The van der Waals surface area contributed by atoms with Crippen LogP contribution in [0.15, 0.2) is 24.3 Å². The Balaban J connectivity index is 1.33. The predicted molar refractivity (Wildman–Crippen MR) is 111 cm³/mol. The molecule has 1 spiro atoms. The Kier molecular flexibility index (Phi) is 5.35. The summed E-state index contributed by atoms with van der Waals surface area (Å²) >= 11 is 0. The molecule has 3 aliphatic rings. The van der Waals surface area contributed by atoms with Gasteiger partial charge in [0.2, 0.25) is 11.8 Å². The average molecular weight is 384 g/mol. The SMILES string of the molecule is CN(C)c1ccc(CCC(=O)N2CCC[C@]3(CCC(=O)N(C4CC4)C3)C2)cc1. The molecule has 0 N–H and O–H groups in total. The second-order valence-electron chi connectivity index (χ2n) is 9.23. The summed E-state index contributed by atoms with van der Waals surface area (Å²) in [6.45, 7) is 2.58. The molecule has 0 unspecified atom stereocenters. The maximum Gasteiger partial charge on any atom is 0.222 e. The van der Waals surface area contributed by atoms with Crippen molar-refractivity contribution < 1.29 is 9.59 Å². The molecule has 2 heterocycles. The van der Waals surface area contributed by atoms with Crippen molar-refractivity contribution in [2.75, 3.05) is 38.6 Å². The largest absolute Gasteiger partial charge is 0.378 e. The third-order valence-corrected chi connectivity index (χ3v) is 6.78. The summed E-state index contributed by atoms with van der Waals surface area (Å²) in [6.07, 6.45) is 7.52. The summed E-state index contributed by atoms with van der Waals surface area (Å²) < 4.78 is 0. The fraction of sp³-hybridized carbons (Fsp3) is 0.652. The molecule has 5 heteroatoms. The lowest BCUT2D eigenvalue weighted by atomic mass is 9.73. The number of anilines is 1. The molecule has 3 fully saturated rings. The number of aryl methyl sites for hydroxylation is 1. The molecular formula is C23H33N3O2. The van der Waals surface area contributed by atoms with Gasteiger partial charge in [0.05, 0.1) is 0 Å². The normalized spacial score (nSPS) is 25.3. The number of carbonyl (C=O) groups excluding carboxylic acids is 2. The van der Waals surface area contributed by atoms with Crippen molar-refractivity contribution in [1.82, 2.24) is 9.80 Å². The zero-order chi connectivity index (χ0) is 19.7. The molecule has 0 aromatic heterocycles. The average Bonchev–Trinajstić information content (AvgIpc) is 3.54. The van der Waals surface area contributed by atoms with E-state index in [9.17, 15) is 9.59 Å². The fourth-order valence-corrected chi connectivity index (χ4v) is 4.89. The number of nitrogens with zero attached hydrogens (tertiary/aromatic N) is 3. The Morgan fingerprint density at radius 3 is 2.57 bits per heavy atom. The molecule has 1 aromatic rings. The third kappa shape index (κ3) is 4.18. The van der Waals surface area contributed by atoms with Gasteiger partial charge in [0, 0.05) is 63.7 Å². The van der Waals surface area contributed by atoms with E-state index in [-0.39, 0.29) is 11.3 Å². The highest BCUT2D eigenvalue weighted by molar-refractivity contribution is 5.78. The van der Waals surface area contributed by atoms with Gasteiger partial charge >= 0.3 is 0 Å². The molecule has 2 amide bonds. The summed E-state index contributed by atoms with van der Waals surface area (Å²) in [5, 5.41) is 0. The Hall–Kier alpha value is -2.04. The van der Waals surface area contributed by atoms with Crippen molar-refractivity contribution in [3.05, 3.63) is 29.8 Å². The molecule has 152 valence electrons. The third-order valence-electron chi connectivity index (χ3n) is 6.78. The first-order chi connectivity index (χ1) is 13.5. The van der Waals surface area contributed by atoms with Gasteiger partial charge in [0.15, 0.2) is 0 Å². The monoisotopic (exact) mass is 383 g/mol. The van der Waals surface area contributed by atoms with E-state index in [1.165, 1.54) is 11.3 Å². The second kappa shape index (κ2) is 7.76. The van der Waals surface area contributed by atoms with Gasteiger partial charge < -0.3 is 14.7 Å². The van der Waals surface area contributed by atoms with Crippen molar-refractivity contribution in [3.63, 3.8) is 0 Å². The van der Waals surface area contributed by atoms with Gasteiger partial charge in [-0.3, -0.25) is 9.59 Å². The lowest BCUT2D eigenvalue weighted by molar-refractivity contribution is -0.143. The Morgan fingerprint density at radius 1 is 1.14 bits per heavy atom. The number of carbonyl (C=O) groups is 2. The standard InChI is InChI=1S/C23H33N3O2/c1-24(2)19-7-4-18(5-8-19)6-11-21(27)25-15-3-13-23(16-25)14-12-22(28)26(17-23)20-9-10-20/h4-5,7-8,20H,3,6,9-17H2,1-2H3/t23-/m0/s1. The van der Waals surface area contributed by atoms with E-state index >= 15 is 0 Å². The minimum Gasteiger partial charge on any atom is -0.378 e. The van der Waals surface area contributed by atoms with Gasteiger partial charge in [-0.15, -0.1) is 0 Å². The summed E-state index contributed by atoms with van der Waals surface area (Å²) in [5.74, 6) is 0.600. The van der Waals surface area contributed by atoms with E-state index in [1.807, 2.05) is 14.1 Å². The minimum absolute atomic E-state index is 0.137. The number of rotatable bonds is 5. The molecule has 1 saturated carbocycles. The number of piperidine rings is 2. The van der Waals surface area contributed by atoms with Gasteiger partial charge in [-0.1, -0.05) is 12.1 Å². The number of likely N-dealkylation sites (tertiary alicyclic amines) is 2. The van der Waals surface area contributed by atoms with Crippen LogP contribution in [0.2, 0.25) is 0 Å². The van der Waals surface area contributed by atoms with E-state index in [1.54, 1.807) is 0 Å². The van der Waals surface area contributed by atoms with Crippen LogP contribution in [0.25, 0.3) is 0 Å². The highest BCUT2D eigenvalue weighted by atomic mass is 16.2. The maximum atomic E-state index is 12.9. The molecule has 1 aliphatic carbocycles. The van der Waals surface area contributed by atoms with Crippen molar-refractivity contribution in [1.29, 1.82) is 0 Å². The highest BCUT2D eigenvalue weighted by Crippen LogP contribution is 2.42. The van der Waals surface area contributed by atoms with Crippen LogP contribution in [-0.2, 0) is 16.0 Å². The Bertz CT molecular complexity index is 726. The van der Waals surface area contributed by atoms with E-state index in [0.29, 0.717) is 24.8 Å². The molecule has 2 aliphatic heterocycles. The smallest absolute Gasteiger partial charge is 0.222 e. The van der Waals surface area contributed by atoms with Gasteiger partial charge in [0.1, 0.15) is 0 Å². The van der Waals surface area contributed by atoms with E-state index in [4.69, 9.17) is 0 Å². The van der Waals surface area contributed by atoms with Crippen molar-refractivity contribution >= 4 is 17.5 Å². The first-order valence-electron chi connectivity index (χ1n) is 10.8. The Labute approximate surface area is 168 Å². The van der Waals surface area contributed by atoms with Crippen LogP contribution in [0.1, 0.15) is 50.5 Å². The minimum atomic E-state index is 0.137. The molecule has 2 saturated heterocycles. The molecular weight excluding hydrogens is 350 g/mol. The van der Waals surface area contributed by atoms with Crippen molar-refractivity contribution in [2.45, 2.75) is 57.4 Å². The highest BCUT2D eigenvalue weighted by Gasteiger charge is 2.46. The molecule has 0 radical (unpaired) electrons. The number of hydrogen-bond acceptors (Lipinski definition) is 3. The van der Waals surface area contributed by atoms with Crippen LogP contribution < -0.4 is 4.90 Å². The van der Waals surface area contributed by atoms with E-state index < -0.39 is 0 Å². The number of benzene rings is 1. The van der Waals surface area contributed by atoms with Crippen molar-refractivity contribution in [3.8, 4) is 0 Å². The van der Waals surface area contributed by atoms with E-state index in [0.717, 1.165) is 58.2 Å². The van der Waals surface area contributed by atoms with Gasteiger partial charge in [-0.25, -0.2) is 0 Å². The summed E-state index contributed by atoms with van der Waals surface area (Å²) in [6, 6.07) is 8.96. The number of amides is 2. The number of hydrogen-bond donors (Lipinski definition) is 0. The quantitative estimate of drug-likeness (QED) is 0.785. The molecule has 4 rings (SSSR count). The Morgan fingerprint density at radius 2 is 1.89 bits per heavy atom. The van der Waals surface area contributed by atoms with Crippen molar-refractivity contribution in [2.24, 2.45) is 5.41 Å². The lowest BCUT2D eigenvalue weighted by Crippen LogP contribution is -2.55. The van der Waals surface area contributed by atoms with Crippen LogP contribution in [-0.4, -0.2) is 61.4 Å². The van der Waals surface area contributed by atoms with E-state index in [2.05, 4.69) is 39.0 Å². The predicted octanol–water partition coefficient (Wildman–Crippen LogP) is 3.08. The fourth-order valence-electron chi connectivity index (χ4n) is 4.89. The summed E-state index contributed by atoms with van der Waals surface area (Å²) in [7, 11) is 4.07. The second-order valence-corrected chi connectivity index (χ2v) is 9.23. The zero-order valence-electron chi connectivity index (χ0n) is 17.3. The van der Waals surface area contributed by atoms with Crippen LogP contribution >= 0.6 is 0 Å².